The smallest absolute Gasteiger partial charge is 0.255 e. The van der Waals surface area contributed by atoms with Crippen LogP contribution >= 0.6 is 15.9 Å². The largest absolute Gasteiger partial charge is 0.495 e. The number of anilines is 2. The van der Waals surface area contributed by atoms with E-state index in [9.17, 15) is 4.79 Å². The molecule has 0 aliphatic carbocycles. The fourth-order valence-corrected chi connectivity index (χ4v) is 2.14. The molecule has 0 aliphatic rings. The molecular weight excluding hydrogens is 320 g/mol. The van der Waals surface area contributed by atoms with Crippen molar-refractivity contribution >= 4 is 33.2 Å². The van der Waals surface area contributed by atoms with E-state index in [0.717, 1.165) is 10.2 Å². The summed E-state index contributed by atoms with van der Waals surface area (Å²) < 4.78 is 6.04. The molecular formula is C15H15BrN2O2. The Labute approximate surface area is 126 Å². The Morgan fingerprint density at radius 1 is 1.10 bits per heavy atom. The fourth-order valence-electron chi connectivity index (χ4n) is 1.73. The molecule has 2 aromatic rings. The van der Waals surface area contributed by atoms with Crippen LogP contribution in [0.4, 0.5) is 11.4 Å². The lowest BCUT2D eigenvalue weighted by Crippen LogP contribution is -2.11. The molecule has 1 amide bonds. The third-order valence-corrected chi connectivity index (χ3v) is 3.50. The van der Waals surface area contributed by atoms with Crippen LogP contribution in [0, 0.1) is 0 Å². The zero-order chi connectivity index (χ0) is 14.5. The van der Waals surface area contributed by atoms with Gasteiger partial charge in [-0.25, -0.2) is 0 Å². The second kappa shape index (κ2) is 6.43. The van der Waals surface area contributed by atoms with Crippen molar-refractivity contribution in [3.63, 3.8) is 0 Å². The Balaban J connectivity index is 2.14. The van der Waals surface area contributed by atoms with Gasteiger partial charge < -0.3 is 15.4 Å². The van der Waals surface area contributed by atoms with Gasteiger partial charge in [-0.3, -0.25) is 4.79 Å². The normalized spacial score (nSPS) is 9.95. The molecule has 0 aliphatic heterocycles. The van der Waals surface area contributed by atoms with E-state index in [1.165, 1.54) is 0 Å². The second-order valence-corrected chi connectivity index (χ2v) is 4.99. The zero-order valence-corrected chi connectivity index (χ0v) is 12.8. The van der Waals surface area contributed by atoms with Crippen molar-refractivity contribution in [2.75, 3.05) is 24.8 Å². The molecule has 0 saturated heterocycles. The van der Waals surface area contributed by atoms with E-state index in [0.29, 0.717) is 17.0 Å². The second-order valence-electron chi connectivity index (χ2n) is 4.13. The highest BCUT2D eigenvalue weighted by Gasteiger charge is 2.08. The van der Waals surface area contributed by atoms with Gasteiger partial charge in [0.25, 0.3) is 5.91 Å². The summed E-state index contributed by atoms with van der Waals surface area (Å²) in [6.45, 7) is 0. The highest BCUT2D eigenvalue weighted by molar-refractivity contribution is 9.10. The van der Waals surface area contributed by atoms with Crippen LogP contribution < -0.4 is 15.4 Å². The van der Waals surface area contributed by atoms with Crippen LogP contribution in [0.5, 0.6) is 5.75 Å². The Bertz CT molecular complexity index is 612. The maximum atomic E-state index is 12.1. The third-order valence-electron chi connectivity index (χ3n) is 2.84. The maximum Gasteiger partial charge on any atom is 0.255 e. The average molecular weight is 335 g/mol. The van der Waals surface area contributed by atoms with E-state index in [2.05, 4.69) is 26.6 Å². The van der Waals surface area contributed by atoms with Crippen LogP contribution in [0.25, 0.3) is 0 Å². The van der Waals surface area contributed by atoms with Crippen molar-refractivity contribution in [1.29, 1.82) is 0 Å². The van der Waals surface area contributed by atoms with Gasteiger partial charge in [0.1, 0.15) is 5.75 Å². The number of benzene rings is 2. The molecule has 0 unspecified atom stereocenters. The molecule has 2 aromatic carbocycles. The number of rotatable bonds is 4. The number of nitrogens with one attached hydrogen (secondary N) is 2. The summed E-state index contributed by atoms with van der Waals surface area (Å²) in [5.41, 5.74) is 2.26. The fraction of sp³-hybridized carbons (Fsp3) is 0.133. The molecule has 5 heteroatoms. The predicted molar refractivity (Wildman–Crippen MR) is 84.6 cm³/mol. The minimum absolute atomic E-state index is 0.156. The van der Waals surface area contributed by atoms with Crippen LogP contribution in [0.1, 0.15) is 10.4 Å². The van der Waals surface area contributed by atoms with Gasteiger partial charge in [-0.2, -0.15) is 0 Å². The number of ether oxygens (including phenoxy) is 1. The van der Waals surface area contributed by atoms with Gasteiger partial charge in [-0.05, 0) is 52.3 Å². The summed E-state index contributed by atoms with van der Waals surface area (Å²) in [5.74, 6) is 0.519. The first-order valence-corrected chi connectivity index (χ1v) is 6.86. The molecule has 104 valence electrons. The summed E-state index contributed by atoms with van der Waals surface area (Å²) >= 11 is 3.37. The molecule has 0 spiro atoms. The van der Waals surface area contributed by atoms with Gasteiger partial charge in [0.15, 0.2) is 0 Å². The summed E-state index contributed by atoms with van der Waals surface area (Å²) in [6, 6.07) is 12.7. The molecule has 0 aromatic heterocycles. The van der Waals surface area contributed by atoms with Crippen molar-refractivity contribution in [2.45, 2.75) is 0 Å². The number of carbonyl (C=O) groups excluding carboxylic acids is 1. The van der Waals surface area contributed by atoms with E-state index in [1.807, 2.05) is 31.3 Å². The number of hydrogen-bond donors (Lipinski definition) is 2. The molecule has 0 radical (unpaired) electrons. The minimum Gasteiger partial charge on any atom is -0.495 e. The monoisotopic (exact) mass is 334 g/mol. The number of amides is 1. The molecule has 0 fully saturated rings. The quantitative estimate of drug-likeness (QED) is 0.895. The summed E-state index contributed by atoms with van der Waals surface area (Å²) in [7, 11) is 3.42. The van der Waals surface area contributed by atoms with Crippen LogP contribution in [0.2, 0.25) is 0 Å². The first kappa shape index (κ1) is 14.4. The molecule has 2 N–H and O–H groups in total. The van der Waals surface area contributed by atoms with Gasteiger partial charge >= 0.3 is 0 Å². The van der Waals surface area contributed by atoms with Gasteiger partial charge in [-0.15, -0.1) is 0 Å². The van der Waals surface area contributed by atoms with Crippen LogP contribution in [0.3, 0.4) is 0 Å². The minimum atomic E-state index is -0.156. The van der Waals surface area contributed by atoms with Crippen LogP contribution in [-0.2, 0) is 0 Å². The van der Waals surface area contributed by atoms with Gasteiger partial charge in [-0.1, -0.05) is 0 Å². The molecule has 2 rings (SSSR count). The van der Waals surface area contributed by atoms with Crippen molar-refractivity contribution in [3.8, 4) is 5.75 Å². The Morgan fingerprint density at radius 3 is 2.35 bits per heavy atom. The predicted octanol–water partition coefficient (Wildman–Crippen LogP) is 3.75. The lowest BCUT2D eigenvalue weighted by molar-refractivity contribution is 0.102. The molecule has 4 nitrogen and oxygen atoms in total. The maximum absolute atomic E-state index is 12.1. The van der Waals surface area contributed by atoms with Crippen molar-refractivity contribution in [2.24, 2.45) is 0 Å². The Kier molecular flexibility index (Phi) is 4.63. The third kappa shape index (κ3) is 3.30. The number of halogens is 1. The van der Waals surface area contributed by atoms with E-state index < -0.39 is 0 Å². The van der Waals surface area contributed by atoms with E-state index in [4.69, 9.17) is 4.74 Å². The van der Waals surface area contributed by atoms with Crippen LogP contribution in [-0.4, -0.2) is 20.1 Å². The Morgan fingerprint density at radius 2 is 1.75 bits per heavy atom. The first-order chi connectivity index (χ1) is 9.63. The lowest BCUT2D eigenvalue weighted by atomic mass is 10.2. The zero-order valence-electron chi connectivity index (χ0n) is 11.2. The average Bonchev–Trinajstić information content (AvgIpc) is 2.49. The number of hydrogen-bond acceptors (Lipinski definition) is 3. The molecule has 0 heterocycles. The standard InChI is InChI=1S/C15H15BrN2O2/c1-17-11-5-3-10(4-6-11)15(19)18-12-7-8-13(16)14(9-12)20-2/h3-9,17H,1-2H3,(H,18,19). The first-order valence-electron chi connectivity index (χ1n) is 6.06. The van der Waals surface area contributed by atoms with E-state index in [-0.39, 0.29) is 5.91 Å². The van der Waals surface area contributed by atoms with E-state index >= 15 is 0 Å². The Hall–Kier alpha value is -2.01. The SMILES string of the molecule is CNc1ccc(C(=O)Nc2ccc(Br)c(OC)c2)cc1. The van der Waals surface area contributed by atoms with Crippen molar-refractivity contribution in [1.82, 2.24) is 0 Å². The van der Waals surface area contributed by atoms with Crippen LogP contribution in [0.15, 0.2) is 46.9 Å². The lowest BCUT2D eigenvalue weighted by Gasteiger charge is -2.09. The number of methoxy groups -OCH3 is 1. The molecule has 20 heavy (non-hydrogen) atoms. The molecule has 0 bridgehead atoms. The highest BCUT2D eigenvalue weighted by Crippen LogP contribution is 2.28. The summed E-state index contributed by atoms with van der Waals surface area (Å²) in [6.07, 6.45) is 0. The highest BCUT2D eigenvalue weighted by atomic mass is 79.9. The number of carbonyl (C=O) groups is 1. The topological polar surface area (TPSA) is 50.4 Å². The summed E-state index contributed by atoms with van der Waals surface area (Å²) in [4.78, 5) is 12.1. The van der Waals surface area contributed by atoms with Crippen molar-refractivity contribution in [3.05, 3.63) is 52.5 Å². The molecule has 0 atom stereocenters. The van der Waals surface area contributed by atoms with Gasteiger partial charge in [0, 0.05) is 30.1 Å². The van der Waals surface area contributed by atoms with E-state index in [1.54, 1.807) is 25.3 Å². The van der Waals surface area contributed by atoms with Crippen molar-refractivity contribution < 1.29 is 9.53 Å². The van der Waals surface area contributed by atoms with Gasteiger partial charge in [0.2, 0.25) is 0 Å². The van der Waals surface area contributed by atoms with Gasteiger partial charge in [0.05, 0.1) is 11.6 Å². The molecule has 0 saturated carbocycles. The summed E-state index contributed by atoms with van der Waals surface area (Å²) in [5, 5.41) is 5.85.